The Morgan fingerprint density at radius 1 is 1.12 bits per heavy atom. The van der Waals surface area contributed by atoms with E-state index in [4.69, 9.17) is 16.3 Å². The van der Waals surface area contributed by atoms with Crippen LogP contribution >= 0.6 is 22.9 Å². The summed E-state index contributed by atoms with van der Waals surface area (Å²) < 4.78 is 5.28. The van der Waals surface area contributed by atoms with Crippen molar-refractivity contribution in [1.82, 2.24) is 25.2 Å². The van der Waals surface area contributed by atoms with Gasteiger partial charge in [0.25, 0.3) is 5.91 Å². The molecular weight excluding hydrogens is 564 g/mol. The minimum Gasteiger partial charge on any atom is -0.444 e. The van der Waals surface area contributed by atoms with Crippen molar-refractivity contribution in [3.63, 3.8) is 0 Å². The zero-order valence-electron chi connectivity index (χ0n) is 24.1. The SMILES string of the molecule is Cc1nc(Nc2ncc(C(=O)Nc3c(C)cccc3Cl)s2)cc(N2CCN(CCCNC(=O)OC(C)(C)C)CC2)n1. The summed E-state index contributed by atoms with van der Waals surface area (Å²) in [4.78, 5) is 43.2. The molecule has 1 aliphatic rings. The van der Waals surface area contributed by atoms with Crippen LogP contribution in [0.1, 0.15) is 48.3 Å². The number of anilines is 4. The fourth-order valence-electron chi connectivity index (χ4n) is 4.30. The smallest absolute Gasteiger partial charge is 0.407 e. The van der Waals surface area contributed by atoms with Gasteiger partial charge in [-0.1, -0.05) is 35.1 Å². The van der Waals surface area contributed by atoms with Gasteiger partial charge in [0.2, 0.25) is 0 Å². The summed E-state index contributed by atoms with van der Waals surface area (Å²) in [5, 5.41) is 9.96. The van der Waals surface area contributed by atoms with Crippen molar-refractivity contribution < 1.29 is 14.3 Å². The van der Waals surface area contributed by atoms with E-state index >= 15 is 0 Å². The van der Waals surface area contributed by atoms with Crippen molar-refractivity contribution >= 4 is 57.4 Å². The second-order valence-corrected chi connectivity index (χ2v) is 12.2. The first-order valence-corrected chi connectivity index (χ1v) is 14.8. The van der Waals surface area contributed by atoms with Crippen molar-refractivity contribution in [1.29, 1.82) is 0 Å². The molecule has 1 fully saturated rings. The van der Waals surface area contributed by atoms with Gasteiger partial charge in [-0.05, 0) is 59.2 Å². The molecule has 2 aromatic heterocycles. The highest BCUT2D eigenvalue weighted by molar-refractivity contribution is 7.17. The Balaban J connectivity index is 1.27. The average Bonchev–Trinajstić information content (AvgIpc) is 3.36. The number of amides is 2. The van der Waals surface area contributed by atoms with Gasteiger partial charge >= 0.3 is 6.09 Å². The van der Waals surface area contributed by atoms with Gasteiger partial charge in [-0.3, -0.25) is 9.69 Å². The molecule has 0 radical (unpaired) electrons. The van der Waals surface area contributed by atoms with Gasteiger partial charge in [-0.2, -0.15) is 0 Å². The van der Waals surface area contributed by atoms with Crippen molar-refractivity contribution in [2.45, 2.75) is 46.6 Å². The summed E-state index contributed by atoms with van der Waals surface area (Å²) >= 11 is 7.49. The highest BCUT2D eigenvalue weighted by atomic mass is 35.5. The number of carbonyl (C=O) groups is 2. The third-order valence-electron chi connectivity index (χ3n) is 6.27. The van der Waals surface area contributed by atoms with E-state index in [1.54, 1.807) is 6.07 Å². The molecule has 3 N–H and O–H groups in total. The van der Waals surface area contributed by atoms with E-state index in [0.29, 0.717) is 38.9 Å². The maximum atomic E-state index is 12.8. The molecule has 3 heterocycles. The minimum atomic E-state index is -0.494. The first-order chi connectivity index (χ1) is 19.5. The molecule has 0 saturated carbocycles. The molecule has 1 aromatic carbocycles. The lowest BCUT2D eigenvalue weighted by Crippen LogP contribution is -2.47. The number of rotatable bonds is 9. The summed E-state index contributed by atoms with van der Waals surface area (Å²) in [5.41, 5.74) is 0.982. The zero-order valence-corrected chi connectivity index (χ0v) is 25.7. The van der Waals surface area contributed by atoms with Crippen molar-refractivity contribution in [2.24, 2.45) is 0 Å². The van der Waals surface area contributed by atoms with Crippen LogP contribution < -0.4 is 20.9 Å². The molecule has 13 heteroatoms. The van der Waals surface area contributed by atoms with E-state index in [-0.39, 0.29) is 12.0 Å². The monoisotopic (exact) mass is 600 g/mol. The third-order valence-corrected chi connectivity index (χ3v) is 7.49. The van der Waals surface area contributed by atoms with Gasteiger partial charge in [0, 0.05) is 38.8 Å². The number of alkyl carbamates (subject to hydrolysis) is 1. The molecule has 0 unspecified atom stereocenters. The molecule has 3 aromatic rings. The number of hydrogen-bond acceptors (Lipinski definition) is 10. The van der Waals surface area contributed by atoms with Crippen LogP contribution in [0.15, 0.2) is 30.5 Å². The van der Waals surface area contributed by atoms with Crippen LogP contribution in [-0.2, 0) is 4.74 Å². The molecule has 220 valence electrons. The third kappa shape index (κ3) is 9.00. The predicted molar refractivity (Wildman–Crippen MR) is 164 cm³/mol. The molecule has 0 aliphatic carbocycles. The summed E-state index contributed by atoms with van der Waals surface area (Å²) in [7, 11) is 0. The van der Waals surface area contributed by atoms with Crippen molar-refractivity contribution in [3.8, 4) is 0 Å². The number of aryl methyl sites for hydroxylation is 2. The van der Waals surface area contributed by atoms with Crippen LogP contribution in [0.2, 0.25) is 5.02 Å². The number of hydrogen-bond donors (Lipinski definition) is 3. The summed E-state index contributed by atoms with van der Waals surface area (Å²) in [6, 6.07) is 7.38. The number of aromatic nitrogens is 3. The minimum absolute atomic E-state index is 0.273. The summed E-state index contributed by atoms with van der Waals surface area (Å²) in [6.07, 6.45) is 2.01. The number of halogens is 1. The zero-order chi connectivity index (χ0) is 29.6. The number of benzene rings is 1. The Morgan fingerprint density at radius 3 is 2.59 bits per heavy atom. The van der Waals surface area contributed by atoms with E-state index in [1.807, 2.05) is 52.8 Å². The quantitative estimate of drug-likeness (QED) is 0.283. The fraction of sp³-hybridized carbons (Fsp3) is 0.464. The Labute approximate surface area is 249 Å². The van der Waals surface area contributed by atoms with Gasteiger partial charge in [-0.15, -0.1) is 0 Å². The molecule has 41 heavy (non-hydrogen) atoms. The normalized spacial score (nSPS) is 14.0. The molecule has 4 rings (SSSR count). The Morgan fingerprint density at radius 2 is 1.88 bits per heavy atom. The van der Waals surface area contributed by atoms with Crippen LogP contribution in [0.25, 0.3) is 0 Å². The molecule has 11 nitrogen and oxygen atoms in total. The largest absolute Gasteiger partial charge is 0.444 e. The van der Waals surface area contributed by atoms with E-state index in [9.17, 15) is 9.59 Å². The van der Waals surface area contributed by atoms with Crippen LogP contribution in [0.3, 0.4) is 0 Å². The first-order valence-electron chi connectivity index (χ1n) is 13.6. The average molecular weight is 601 g/mol. The van der Waals surface area contributed by atoms with Crippen molar-refractivity contribution in [2.75, 3.05) is 54.8 Å². The van der Waals surface area contributed by atoms with Crippen LogP contribution in [-0.4, -0.2) is 76.7 Å². The maximum absolute atomic E-state index is 12.8. The van der Waals surface area contributed by atoms with E-state index in [2.05, 4.69) is 40.7 Å². The summed E-state index contributed by atoms with van der Waals surface area (Å²) in [5.74, 6) is 1.83. The van der Waals surface area contributed by atoms with Crippen LogP contribution in [0.4, 0.5) is 27.2 Å². The fourth-order valence-corrected chi connectivity index (χ4v) is 5.29. The van der Waals surface area contributed by atoms with Crippen LogP contribution in [0.5, 0.6) is 0 Å². The van der Waals surface area contributed by atoms with Gasteiger partial charge in [0.1, 0.15) is 27.9 Å². The van der Waals surface area contributed by atoms with Crippen LogP contribution in [0, 0.1) is 13.8 Å². The van der Waals surface area contributed by atoms with Gasteiger partial charge in [0.05, 0.1) is 16.9 Å². The molecular formula is C28H37ClN8O3S. The number of nitrogens with one attached hydrogen (secondary N) is 3. The number of carbonyl (C=O) groups excluding carboxylic acids is 2. The molecule has 0 atom stereocenters. The van der Waals surface area contributed by atoms with E-state index in [0.717, 1.165) is 50.5 Å². The Kier molecular flexibility index (Phi) is 10.0. The number of piperazine rings is 1. The lowest BCUT2D eigenvalue weighted by Gasteiger charge is -2.35. The molecule has 1 saturated heterocycles. The Bertz CT molecular complexity index is 1350. The second-order valence-electron chi connectivity index (χ2n) is 10.8. The van der Waals surface area contributed by atoms with Gasteiger partial charge in [0.15, 0.2) is 5.13 Å². The van der Waals surface area contributed by atoms with Crippen molar-refractivity contribution in [3.05, 3.63) is 51.7 Å². The predicted octanol–water partition coefficient (Wildman–Crippen LogP) is 5.24. The maximum Gasteiger partial charge on any atom is 0.407 e. The lowest BCUT2D eigenvalue weighted by molar-refractivity contribution is 0.0525. The summed E-state index contributed by atoms with van der Waals surface area (Å²) in [6.45, 7) is 14.2. The highest BCUT2D eigenvalue weighted by Crippen LogP contribution is 2.28. The van der Waals surface area contributed by atoms with E-state index in [1.165, 1.54) is 17.5 Å². The number of thiazole rings is 1. The van der Waals surface area contributed by atoms with Gasteiger partial charge < -0.3 is 25.6 Å². The lowest BCUT2D eigenvalue weighted by atomic mass is 10.2. The number of nitrogens with zero attached hydrogens (tertiary/aromatic N) is 5. The molecule has 2 amide bonds. The number of para-hydroxylation sites is 1. The van der Waals surface area contributed by atoms with Gasteiger partial charge in [-0.25, -0.2) is 19.7 Å². The number of ether oxygens (including phenoxy) is 1. The highest BCUT2D eigenvalue weighted by Gasteiger charge is 2.20. The first kappa shape index (κ1) is 30.5. The van der Waals surface area contributed by atoms with E-state index < -0.39 is 5.60 Å². The second kappa shape index (κ2) is 13.5. The molecule has 1 aliphatic heterocycles. The molecule has 0 spiro atoms. The topological polar surface area (TPSA) is 125 Å². The molecule has 0 bridgehead atoms. The Hall–Kier alpha value is -3.48. The standard InChI is InChI=1S/C28H37ClN8O3S/c1-18-8-6-9-20(29)24(18)35-25(38)21-17-31-26(41-21)34-22-16-23(33-19(2)32-22)37-14-12-36(13-15-37)11-7-10-30-27(39)40-28(3,4)5/h6,8-9,16-17H,7,10-15H2,1-5H3,(H,30,39)(H,35,38)(H,31,32,33,34).